The van der Waals surface area contributed by atoms with E-state index in [4.69, 9.17) is 0 Å². The molecule has 9 heavy (non-hydrogen) atoms. The second kappa shape index (κ2) is 2.17. The van der Waals surface area contributed by atoms with Crippen molar-refractivity contribution >= 4 is 0 Å². The summed E-state index contributed by atoms with van der Waals surface area (Å²) in [5.41, 5.74) is 0. The fourth-order valence-electron chi connectivity index (χ4n) is 2.26. The van der Waals surface area contributed by atoms with Crippen LogP contribution in [0.4, 0.5) is 0 Å². The molecular weight excluding hydrogens is 108 g/mol. The molecule has 0 aromatic rings. The standard InChI is InChI=1S/C9H14/c1-2-5-9-7-3-6-8(9)4-1/h1,4,8-9H,2-3,5-7H2. The Morgan fingerprint density at radius 2 is 2.11 bits per heavy atom. The minimum Gasteiger partial charge on any atom is -0.0882 e. The van der Waals surface area contributed by atoms with Crippen molar-refractivity contribution in [3.05, 3.63) is 12.2 Å². The minimum atomic E-state index is 0.985. The summed E-state index contributed by atoms with van der Waals surface area (Å²) in [5, 5.41) is 0. The summed E-state index contributed by atoms with van der Waals surface area (Å²) in [4.78, 5) is 0. The first kappa shape index (κ1) is 5.52. The van der Waals surface area contributed by atoms with Crippen LogP contribution in [-0.2, 0) is 0 Å². The molecule has 50 valence electrons. The van der Waals surface area contributed by atoms with E-state index < -0.39 is 0 Å². The number of fused-ring (bicyclic) bond motifs is 1. The molecule has 0 aromatic carbocycles. The van der Waals surface area contributed by atoms with E-state index in [0.29, 0.717) is 0 Å². The Labute approximate surface area is 57.0 Å². The van der Waals surface area contributed by atoms with E-state index in [9.17, 15) is 0 Å². The Hall–Kier alpha value is -0.260. The third-order valence-electron chi connectivity index (χ3n) is 2.81. The first-order valence-corrected chi connectivity index (χ1v) is 4.13. The van der Waals surface area contributed by atoms with Gasteiger partial charge in [-0.25, -0.2) is 0 Å². The number of hydrogen-bond donors (Lipinski definition) is 0. The van der Waals surface area contributed by atoms with E-state index in [-0.39, 0.29) is 0 Å². The van der Waals surface area contributed by atoms with Gasteiger partial charge in [-0.15, -0.1) is 0 Å². The Kier molecular flexibility index (Phi) is 1.33. The fourth-order valence-corrected chi connectivity index (χ4v) is 2.26. The van der Waals surface area contributed by atoms with Crippen LogP contribution in [0.15, 0.2) is 12.2 Å². The molecule has 0 saturated heterocycles. The molecule has 0 bridgehead atoms. The van der Waals surface area contributed by atoms with Crippen LogP contribution in [0.25, 0.3) is 0 Å². The lowest BCUT2D eigenvalue weighted by molar-refractivity contribution is 0.412. The molecule has 0 amide bonds. The van der Waals surface area contributed by atoms with Gasteiger partial charge in [0.1, 0.15) is 0 Å². The van der Waals surface area contributed by atoms with Crippen molar-refractivity contribution in [2.45, 2.75) is 32.1 Å². The van der Waals surface area contributed by atoms with Crippen LogP contribution in [0, 0.1) is 11.8 Å². The molecule has 0 aliphatic heterocycles. The van der Waals surface area contributed by atoms with E-state index in [2.05, 4.69) is 12.2 Å². The first-order valence-electron chi connectivity index (χ1n) is 4.13. The van der Waals surface area contributed by atoms with E-state index in [0.717, 1.165) is 11.8 Å². The van der Waals surface area contributed by atoms with Crippen molar-refractivity contribution in [3.63, 3.8) is 0 Å². The van der Waals surface area contributed by atoms with Crippen molar-refractivity contribution in [1.82, 2.24) is 0 Å². The zero-order valence-electron chi connectivity index (χ0n) is 5.84. The zero-order chi connectivity index (χ0) is 6.10. The molecule has 2 aliphatic rings. The Morgan fingerprint density at radius 3 is 3.00 bits per heavy atom. The lowest BCUT2D eigenvalue weighted by atomic mass is 9.87. The van der Waals surface area contributed by atoms with Gasteiger partial charge in [0.2, 0.25) is 0 Å². The summed E-state index contributed by atoms with van der Waals surface area (Å²) in [6, 6.07) is 0. The largest absolute Gasteiger partial charge is 0.0882 e. The van der Waals surface area contributed by atoms with E-state index >= 15 is 0 Å². The molecular formula is C9H14. The molecule has 0 N–H and O–H groups in total. The van der Waals surface area contributed by atoms with Crippen molar-refractivity contribution in [3.8, 4) is 0 Å². The van der Waals surface area contributed by atoms with Gasteiger partial charge >= 0.3 is 0 Å². The van der Waals surface area contributed by atoms with Crippen LogP contribution < -0.4 is 0 Å². The third-order valence-corrected chi connectivity index (χ3v) is 2.81. The van der Waals surface area contributed by atoms with E-state index in [1.165, 1.54) is 32.1 Å². The lowest BCUT2D eigenvalue weighted by Gasteiger charge is -2.18. The van der Waals surface area contributed by atoms with Crippen LogP contribution in [0.1, 0.15) is 32.1 Å². The SMILES string of the molecule is C1=CC2CCCC2CC1. The van der Waals surface area contributed by atoms with Gasteiger partial charge in [0.15, 0.2) is 0 Å². The van der Waals surface area contributed by atoms with Gasteiger partial charge in [0, 0.05) is 0 Å². The second-order valence-electron chi connectivity index (χ2n) is 3.36. The maximum atomic E-state index is 2.45. The predicted octanol–water partition coefficient (Wildman–Crippen LogP) is 2.75. The van der Waals surface area contributed by atoms with Crippen molar-refractivity contribution in [2.24, 2.45) is 11.8 Å². The summed E-state index contributed by atoms with van der Waals surface area (Å²) in [7, 11) is 0. The summed E-state index contributed by atoms with van der Waals surface area (Å²) >= 11 is 0. The van der Waals surface area contributed by atoms with Gasteiger partial charge in [-0.2, -0.15) is 0 Å². The molecule has 0 heterocycles. The maximum absolute atomic E-state index is 2.45. The second-order valence-corrected chi connectivity index (χ2v) is 3.36. The van der Waals surface area contributed by atoms with Crippen LogP contribution in [0.2, 0.25) is 0 Å². The number of allylic oxidation sites excluding steroid dienone is 2. The number of rotatable bonds is 0. The molecule has 0 radical (unpaired) electrons. The highest BCUT2D eigenvalue weighted by Gasteiger charge is 2.25. The van der Waals surface area contributed by atoms with Crippen LogP contribution in [0.3, 0.4) is 0 Å². The molecule has 1 saturated carbocycles. The van der Waals surface area contributed by atoms with Gasteiger partial charge in [-0.1, -0.05) is 18.6 Å². The quantitative estimate of drug-likeness (QED) is 0.433. The van der Waals surface area contributed by atoms with Crippen molar-refractivity contribution < 1.29 is 0 Å². The van der Waals surface area contributed by atoms with Gasteiger partial charge in [0.25, 0.3) is 0 Å². The fraction of sp³-hybridized carbons (Fsp3) is 0.778. The van der Waals surface area contributed by atoms with Crippen LogP contribution >= 0.6 is 0 Å². The zero-order valence-corrected chi connectivity index (χ0v) is 5.84. The molecule has 2 atom stereocenters. The summed E-state index contributed by atoms with van der Waals surface area (Å²) < 4.78 is 0. The van der Waals surface area contributed by atoms with Crippen molar-refractivity contribution in [2.75, 3.05) is 0 Å². The average Bonchev–Trinajstić information content (AvgIpc) is 2.33. The van der Waals surface area contributed by atoms with Crippen molar-refractivity contribution in [1.29, 1.82) is 0 Å². The molecule has 0 spiro atoms. The highest BCUT2D eigenvalue weighted by Crippen LogP contribution is 2.38. The van der Waals surface area contributed by atoms with E-state index in [1.807, 2.05) is 0 Å². The summed E-state index contributed by atoms with van der Waals surface area (Å²) in [5.74, 6) is 2.06. The van der Waals surface area contributed by atoms with Gasteiger partial charge in [0.05, 0.1) is 0 Å². The number of hydrogen-bond acceptors (Lipinski definition) is 0. The predicted molar refractivity (Wildman–Crippen MR) is 39.2 cm³/mol. The minimum absolute atomic E-state index is 0.985. The Bertz CT molecular complexity index is 124. The van der Waals surface area contributed by atoms with Crippen LogP contribution in [-0.4, -0.2) is 0 Å². The lowest BCUT2D eigenvalue weighted by Crippen LogP contribution is -2.07. The molecule has 2 unspecified atom stereocenters. The normalized spacial score (nSPS) is 40.9. The smallest absolute Gasteiger partial charge is 0.0205 e. The highest BCUT2D eigenvalue weighted by molar-refractivity contribution is 4.99. The molecule has 0 nitrogen and oxygen atoms in total. The topological polar surface area (TPSA) is 0 Å². The van der Waals surface area contributed by atoms with Gasteiger partial charge < -0.3 is 0 Å². The molecule has 0 aromatic heterocycles. The Morgan fingerprint density at radius 1 is 1.11 bits per heavy atom. The van der Waals surface area contributed by atoms with Gasteiger partial charge in [-0.05, 0) is 37.5 Å². The monoisotopic (exact) mass is 122 g/mol. The van der Waals surface area contributed by atoms with Crippen LogP contribution in [0.5, 0.6) is 0 Å². The highest BCUT2D eigenvalue weighted by atomic mass is 14.3. The first-order chi connectivity index (χ1) is 4.47. The average molecular weight is 122 g/mol. The van der Waals surface area contributed by atoms with Gasteiger partial charge in [-0.3, -0.25) is 0 Å². The third kappa shape index (κ3) is 0.910. The molecule has 0 heteroatoms. The summed E-state index contributed by atoms with van der Waals surface area (Å²) in [6.45, 7) is 0. The summed E-state index contributed by atoms with van der Waals surface area (Å²) in [6.07, 6.45) is 12.1. The molecule has 1 fully saturated rings. The Balaban J connectivity index is 2.10. The molecule has 2 rings (SSSR count). The molecule has 2 aliphatic carbocycles. The van der Waals surface area contributed by atoms with E-state index in [1.54, 1.807) is 0 Å². The maximum Gasteiger partial charge on any atom is -0.0205 e.